The molecule has 0 spiro atoms. The summed E-state index contributed by atoms with van der Waals surface area (Å²) in [6.45, 7) is 3.94. The van der Waals surface area contributed by atoms with Crippen molar-refractivity contribution in [2.45, 2.75) is 64.7 Å². The highest BCUT2D eigenvalue weighted by Gasteiger charge is 2.20. The van der Waals surface area contributed by atoms with Gasteiger partial charge in [-0.1, -0.05) is 50.1 Å². The van der Waals surface area contributed by atoms with Crippen LogP contribution in [0.3, 0.4) is 0 Å². The highest BCUT2D eigenvalue weighted by Crippen LogP contribution is 2.20. The standard InChI is InChI=1S/C18H23NO2.C7H14N2O/c1-2-16(20)12-8-3-4-9-13-18-19-14-17(21-18)15-10-6-5-7-11-15;1-9-4-2-6(3-5-9)7(8)10/h5-7,10-11,14H,2-4,8-9,12-13H2,1H3;6H,2-5H2,1H3,(H2,8,10). The number of piperidine rings is 1. The first-order valence-electron chi connectivity index (χ1n) is 11.5. The maximum atomic E-state index is 11.2. The Labute approximate surface area is 186 Å². The van der Waals surface area contributed by atoms with Crippen LogP contribution in [0.25, 0.3) is 11.3 Å². The van der Waals surface area contributed by atoms with E-state index in [4.69, 9.17) is 10.2 Å². The number of benzene rings is 1. The molecule has 1 aliphatic heterocycles. The van der Waals surface area contributed by atoms with Gasteiger partial charge in [0.15, 0.2) is 11.7 Å². The number of oxazole rings is 1. The molecule has 1 aliphatic rings. The second-order valence-corrected chi connectivity index (χ2v) is 8.27. The van der Waals surface area contributed by atoms with Gasteiger partial charge in [0.1, 0.15) is 5.78 Å². The van der Waals surface area contributed by atoms with Gasteiger partial charge in [-0.05, 0) is 45.8 Å². The van der Waals surface area contributed by atoms with Crippen LogP contribution in [0, 0.1) is 5.92 Å². The van der Waals surface area contributed by atoms with E-state index in [9.17, 15) is 9.59 Å². The fourth-order valence-electron chi connectivity index (χ4n) is 3.58. The lowest BCUT2D eigenvalue weighted by Crippen LogP contribution is -2.36. The highest BCUT2D eigenvalue weighted by atomic mass is 16.4. The van der Waals surface area contributed by atoms with Gasteiger partial charge in [0.05, 0.1) is 6.20 Å². The van der Waals surface area contributed by atoms with Crippen molar-refractivity contribution in [3.05, 3.63) is 42.4 Å². The Morgan fingerprint density at radius 3 is 2.42 bits per heavy atom. The summed E-state index contributed by atoms with van der Waals surface area (Å²) >= 11 is 0. The summed E-state index contributed by atoms with van der Waals surface area (Å²) in [5.74, 6) is 2.01. The Kier molecular flexibility index (Phi) is 11.0. The van der Waals surface area contributed by atoms with E-state index in [0.29, 0.717) is 12.2 Å². The number of carbonyl (C=O) groups excluding carboxylic acids is 2. The van der Waals surface area contributed by atoms with Crippen molar-refractivity contribution in [3.63, 3.8) is 0 Å². The van der Waals surface area contributed by atoms with Gasteiger partial charge in [-0.25, -0.2) is 4.98 Å². The molecule has 0 aliphatic carbocycles. The molecule has 0 atom stereocenters. The van der Waals surface area contributed by atoms with E-state index in [1.807, 2.05) is 37.3 Å². The molecule has 1 amide bonds. The zero-order valence-electron chi connectivity index (χ0n) is 19.0. The number of hydrogen-bond donors (Lipinski definition) is 1. The molecule has 0 unspecified atom stereocenters. The molecule has 2 N–H and O–H groups in total. The number of unbranched alkanes of at least 4 members (excludes halogenated alkanes) is 3. The normalized spacial score (nSPS) is 14.6. The first-order valence-corrected chi connectivity index (χ1v) is 11.5. The second kappa shape index (κ2) is 13.8. The van der Waals surface area contributed by atoms with E-state index >= 15 is 0 Å². The van der Waals surface area contributed by atoms with Gasteiger partial charge in [-0.2, -0.15) is 0 Å². The number of rotatable bonds is 10. The third-order valence-electron chi connectivity index (χ3n) is 5.72. The lowest BCUT2D eigenvalue weighted by molar-refractivity contribution is -0.123. The maximum absolute atomic E-state index is 11.2. The third-order valence-corrected chi connectivity index (χ3v) is 5.72. The minimum Gasteiger partial charge on any atom is -0.441 e. The molecule has 1 fully saturated rings. The van der Waals surface area contributed by atoms with Crippen LogP contribution in [-0.2, 0) is 16.0 Å². The molecule has 6 heteroatoms. The largest absolute Gasteiger partial charge is 0.441 e. The number of Topliss-reactive ketones (excluding diaryl/α,β-unsaturated/α-hetero) is 1. The van der Waals surface area contributed by atoms with Crippen LogP contribution in [-0.4, -0.2) is 41.7 Å². The highest BCUT2D eigenvalue weighted by molar-refractivity contribution is 5.77. The van der Waals surface area contributed by atoms with Gasteiger partial charge >= 0.3 is 0 Å². The first-order chi connectivity index (χ1) is 15.0. The lowest BCUT2D eigenvalue weighted by Gasteiger charge is -2.26. The predicted octanol–water partition coefficient (Wildman–Crippen LogP) is 4.63. The fourth-order valence-corrected chi connectivity index (χ4v) is 3.58. The Balaban J connectivity index is 0.000000285. The van der Waals surface area contributed by atoms with E-state index < -0.39 is 0 Å². The van der Waals surface area contributed by atoms with E-state index in [0.717, 1.165) is 81.7 Å². The minimum absolute atomic E-state index is 0.131. The lowest BCUT2D eigenvalue weighted by atomic mass is 9.97. The number of aromatic nitrogens is 1. The van der Waals surface area contributed by atoms with E-state index in [2.05, 4.69) is 16.9 Å². The van der Waals surface area contributed by atoms with Crippen LogP contribution in [0.5, 0.6) is 0 Å². The van der Waals surface area contributed by atoms with Crippen LogP contribution in [0.2, 0.25) is 0 Å². The van der Waals surface area contributed by atoms with Crippen molar-refractivity contribution in [3.8, 4) is 11.3 Å². The van der Waals surface area contributed by atoms with Crippen LogP contribution in [0.15, 0.2) is 40.9 Å². The topological polar surface area (TPSA) is 89.4 Å². The quantitative estimate of drug-likeness (QED) is 0.559. The number of hydrogen-bond acceptors (Lipinski definition) is 5. The Hall–Kier alpha value is -2.47. The van der Waals surface area contributed by atoms with Crippen molar-refractivity contribution in [1.82, 2.24) is 9.88 Å². The molecule has 6 nitrogen and oxygen atoms in total. The summed E-state index contributed by atoms with van der Waals surface area (Å²) in [5, 5.41) is 0. The van der Waals surface area contributed by atoms with Crippen LogP contribution >= 0.6 is 0 Å². The van der Waals surface area contributed by atoms with Crippen LogP contribution in [0.1, 0.15) is 64.2 Å². The molecule has 1 aromatic carbocycles. The minimum atomic E-state index is -0.131. The number of ketones is 1. The summed E-state index contributed by atoms with van der Waals surface area (Å²) in [5.41, 5.74) is 6.22. The molecular formula is C25H37N3O3. The fraction of sp³-hybridized carbons (Fsp3) is 0.560. The molecular weight excluding hydrogens is 390 g/mol. The Morgan fingerprint density at radius 1 is 1.10 bits per heavy atom. The summed E-state index contributed by atoms with van der Waals surface area (Å²) in [4.78, 5) is 28.4. The number of likely N-dealkylation sites (tertiary alicyclic amines) is 1. The second-order valence-electron chi connectivity index (χ2n) is 8.27. The van der Waals surface area contributed by atoms with Gasteiger partial charge in [-0.3, -0.25) is 9.59 Å². The zero-order valence-corrected chi connectivity index (χ0v) is 19.0. The average molecular weight is 428 g/mol. The number of aryl methyl sites for hydroxylation is 1. The molecule has 2 heterocycles. The molecule has 2 aromatic rings. The Bertz CT molecular complexity index is 780. The van der Waals surface area contributed by atoms with Crippen molar-refractivity contribution >= 4 is 11.7 Å². The number of primary amides is 1. The third kappa shape index (κ3) is 9.47. The van der Waals surface area contributed by atoms with Gasteiger partial charge in [-0.15, -0.1) is 0 Å². The molecule has 170 valence electrons. The SMILES string of the molecule is CCC(=O)CCCCCCc1ncc(-c2ccccc2)o1.CN1CCC(C(N)=O)CC1. The zero-order chi connectivity index (χ0) is 22.5. The van der Waals surface area contributed by atoms with E-state index in [-0.39, 0.29) is 11.8 Å². The summed E-state index contributed by atoms with van der Waals surface area (Å²) in [6, 6.07) is 10.0. The number of carbonyl (C=O) groups is 2. The van der Waals surface area contributed by atoms with Crippen LogP contribution in [0.4, 0.5) is 0 Å². The number of amides is 1. The molecule has 3 rings (SSSR count). The van der Waals surface area contributed by atoms with Gasteiger partial charge < -0.3 is 15.1 Å². The molecule has 31 heavy (non-hydrogen) atoms. The predicted molar refractivity (Wildman–Crippen MR) is 123 cm³/mol. The molecule has 0 saturated carbocycles. The average Bonchev–Trinajstić information content (AvgIpc) is 3.26. The smallest absolute Gasteiger partial charge is 0.220 e. The van der Waals surface area contributed by atoms with Gasteiger partial charge in [0.25, 0.3) is 0 Å². The van der Waals surface area contributed by atoms with Crippen molar-refractivity contribution in [2.24, 2.45) is 11.7 Å². The van der Waals surface area contributed by atoms with Crippen molar-refractivity contribution in [1.29, 1.82) is 0 Å². The molecule has 0 radical (unpaired) electrons. The van der Waals surface area contributed by atoms with Gasteiger partial charge in [0, 0.05) is 30.7 Å². The monoisotopic (exact) mass is 427 g/mol. The summed E-state index contributed by atoms with van der Waals surface area (Å²) < 4.78 is 5.77. The summed E-state index contributed by atoms with van der Waals surface area (Å²) in [6.07, 6.45) is 10.2. The number of nitrogens with zero attached hydrogens (tertiary/aromatic N) is 2. The van der Waals surface area contributed by atoms with Crippen molar-refractivity contribution in [2.75, 3.05) is 20.1 Å². The molecule has 0 bridgehead atoms. The Morgan fingerprint density at radius 2 is 1.77 bits per heavy atom. The van der Waals surface area contributed by atoms with E-state index in [1.165, 1.54) is 0 Å². The summed E-state index contributed by atoms with van der Waals surface area (Å²) in [7, 11) is 2.07. The van der Waals surface area contributed by atoms with E-state index in [1.54, 1.807) is 6.20 Å². The van der Waals surface area contributed by atoms with Gasteiger partial charge in [0.2, 0.25) is 5.91 Å². The maximum Gasteiger partial charge on any atom is 0.220 e. The molecule has 1 aromatic heterocycles. The number of nitrogens with two attached hydrogens (primary N) is 1. The first kappa shape index (κ1) is 24.8. The molecule has 1 saturated heterocycles. The van der Waals surface area contributed by atoms with Crippen LogP contribution < -0.4 is 5.73 Å². The van der Waals surface area contributed by atoms with Crippen molar-refractivity contribution < 1.29 is 14.0 Å².